The van der Waals surface area contributed by atoms with Gasteiger partial charge in [0.15, 0.2) is 0 Å². The van der Waals surface area contributed by atoms with Crippen molar-refractivity contribution in [3.8, 4) is 0 Å². The summed E-state index contributed by atoms with van der Waals surface area (Å²) in [6.45, 7) is 13.5. The van der Waals surface area contributed by atoms with Gasteiger partial charge in [0.25, 0.3) is 0 Å². The second-order valence-corrected chi connectivity index (χ2v) is 8.12. The van der Waals surface area contributed by atoms with Gasteiger partial charge in [-0.2, -0.15) is 0 Å². The lowest BCUT2D eigenvalue weighted by molar-refractivity contribution is 0.338. The highest BCUT2D eigenvalue weighted by Gasteiger charge is 2.44. The molecule has 1 N–H and O–H groups in total. The van der Waals surface area contributed by atoms with E-state index in [0.29, 0.717) is 5.41 Å². The topological polar surface area (TPSA) is 24.9 Å². The third-order valence-corrected chi connectivity index (χ3v) is 5.51. The molecule has 0 unspecified atom stereocenters. The molecule has 1 aromatic heterocycles. The molecule has 2 nitrogen and oxygen atoms in total. The smallest absolute Gasteiger partial charge is 0.0981 e. The Balaban J connectivity index is 1.83. The van der Waals surface area contributed by atoms with E-state index in [1.165, 1.54) is 22.7 Å². The van der Waals surface area contributed by atoms with E-state index in [4.69, 9.17) is 0 Å². The first-order valence-corrected chi connectivity index (χ1v) is 7.81. The maximum atomic E-state index is 4.53. The van der Waals surface area contributed by atoms with E-state index in [0.717, 1.165) is 19.0 Å². The maximum Gasteiger partial charge on any atom is 0.0981 e. The van der Waals surface area contributed by atoms with E-state index in [-0.39, 0.29) is 5.41 Å². The van der Waals surface area contributed by atoms with Crippen molar-refractivity contribution >= 4 is 11.3 Å². The Bertz CT molecular complexity index is 397. The predicted molar refractivity (Wildman–Crippen MR) is 79.0 cm³/mol. The molecular formula is C15H26N2S. The van der Waals surface area contributed by atoms with Crippen LogP contribution in [0.25, 0.3) is 0 Å². The minimum Gasteiger partial charge on any atom is -0.311 e. The Morgan fingerprint density at radius 2 is 2.06 bits per heavy atom. The van der Waals surface area contributed by atoms with Crippen LogP contribution in [0.4, 0.5) is 0 Å². The summed E-state index contributed by atoms with van der Waals surface area (Å²) >= 11 is 1.85. The quantitative estimate of drug-likeness (QED) is 0.872. The minimum absolute atomic E-state index is 0.179. The lowest BCUT2D eigenvalue weighted by Crippen LogP contribution is -2.26. The molecule has 102 valence electrons. The van der Waals surface area contributed by atoms with E-state index >= 15 is 0 Å². The summed E-state index contributed by atoms with van der Waals surface area (Å²) in [6.07, 6.45) is 4.83. The second kappa shape index (κ2) is 4.93. The number of rotatable bonds is 5. The monoisotopic (exact) mass is 266 g/mol. The van der Waals surface area contributed by atoms with Gasteiger partial charge in [0.2, 0.25) is 0 Å². The summed E-state index contributed by atoms with van der Waals surface area (Å²) in [7, 11) is 0. The van der Waals surface area contributed by atoms with Crippen LogP contribution >= 0.6 is 11.3 Å². The van der Waals surface area contributed by atoms with E-state index in [2.05, 4.69) is 44.9 Å². The fourth-order valence-corrected chi connectivity index (χ4v) is 3.23. The van der Waals surface area contributed by atoms with Crippen LogP contribution in [0.2, 0.25) is 0 Å². The Labute approximate surface area is 115 Å². The van der Waals surface area contributed by atoms with E-state index < -0.39 is 0 Å². The first-order chi connectivity index (χ1) is 8.33. The Morgan fingerprint density at radius 1 is 1.39 bits per heavy atom. The van der Waals surface area contributed by atoms with Crippen LogP contribution in [0.3, 0.4) is 0 Å². The van der Waals surface area contributed by atoms with Crippen LogP contribution < -0.4 is 5.32 Å². The summed E-state index contributed by atoms with van der Waals surface area (Å²) < 4.78 is 0. The third-order valence-electron chi connectivity index (χ3n) is 4.09. The zero-order valence-corrected chi connectivity index (χ0v) is 13.2. The standard InChI is InChI=1S/C15H26N2S/c1-11(2)15(6-7-15)10-16-8-12-9-17-13(18-12)14(3,4)5/h9,11,16H,6-8,10H2,1-5H3. The van der Waals surface area contributed by atoms with Crippen LogP contribution in [0, 0.1) is 11.3 Å². The largest absolute Gasteiger partial charge is 0.311 e. The van der Waals surface area contributed by atoms with Crippen molar-refractivity contribution in [3.05, 3.63) is 16.1 Å². The van der Waals surface area contributed by atoms with Gasteiger partial charge >= 0.3 is 0 Å². The fraction of sp³-hybridized carbons (Fsp3) is 0.800. The molecule has 0 amide bonds. The summed E-state index contributed by atoms with van der Waals surface area (Å²) in [5.74, 6) is 0.802. The van der Waals surface area contributed by atoms with E-state index in [1.54, 1.807) is 0 Å². The average molecular weight is 266 g/mol. The molecule has 1 aliphatic carbocycles. The Kier molecular flexibility index (Phi) is 3.84. The average Bonchev–Trinajstić information content (AvgIpc) is 2.87. The van der Waals surface area contributed by atoms with Gasteiger partial charge in [0, 0.05) is 29.6 Å². The molecule has 1 aliphatic rings. The summed E-state index contributed by atoms with van der Waals surface area (Å²) in [4.78, 5) is 5.89. The van der Waals surface area contributed by atoms with E-state index in [1.807, 2.05) is 17.5 Å². The van der Waals surface area contributed by atoms with Crippen molar-refractivity contribution in [1.82, 2.24) is 10.3 Å². The van der Waals surface area contributed by atoms with Crippen LogP contribution in [0.1, 0.15) is 57.3 Å². The van der Waals surface area contributed by atoms with Crippen LogP contribution in [0.15, 0.2) is 6.20 Å². The molecule has 0 spiro atoms. The lowest BCUT2D eigenvalue weighted by Gasteiger charge is -2.19. The van der Waals surface area contributed by atoms with Gasteiger partial charge < -0.3 is 5.32 Å². The van der Waals surface area contributed by atoms with Gasteiger partial charge in [0.05, 0.1) is 5.01 Å². The molecule has 1 fully saturated rings. The molecule has 1 aromatic rings. The highest BCUT2D eigenvalue weighted by Crippen LogP contribution is 2.51. The molecule has 3 heteroatoms. The molecule has 0 aromatic carbocycles. The Morgan fingerprint density at radius 3 is 2.50 bits per heavy atom. The molecule has 2 rings (SSSR count). The van der Waals surface area contributed by atoms with Crippen LogP contribution in [-0.2, 0) is 12.0 Å². The number of aromatic nitrogens is 1. The molecule has 0 radical (unpaired) electrons. The summed E-state index contributed by atoms with van der Waals surface area (Å²) in [5, 5.41) is 4.86. The molecule has 1 heterocycles. The molecule has 0 atom stereocenters. The van der Waals surface area contributed by atoms with Gasteiger partial charge in [0.1, 0.15) is 0 Å². The van der Waals surface area contributed by atoms with Crippen LogP contribution in [-0.4, -0.2) is 11.5 Å². The number of nitrogens with zero attached hydrogens (tertiary/aromatic N) is 1. The minimum atomic E-state index is 0.179. The zero-order valence-electron chi connectivity index (χ0n) is 12.3. The molecule has 0 saturated heterocycles. The molecule has 18 heavy (non-hydrogen) atoms. The SMILES string of the molecule is CC(C)C1(CNCc2cnc(C(C)(C)C)s2)CC1. The molecule has 0 bridgehead atoms. The van der Waals surface area contributed by atoms with Crippen molar-refractivity contribution in [3.63, 3.8) is 0 Å². The summed E-state index contributed by atoms with van der Waals surface area (Å²) in [5.41, 5.74) is 0.774. The van der Waals surface area contributed by atoms with Crippen molar-refractivity contribution in [2.75, 3.05) is 6.54 Å². The third kappa shape index (κ3) is 3.12. The lowest BCUT2D eigenvalue weighted by atomic mass is 9.92. The van der Waals surface area contributed by atoms with Crippen molar-refractivity contribution in [2.24, 2.45) is 11.3 Å². The number of thiazole rings is 1. The number of nitrogens with one attached hydrogen (secondary N) is 1. The van der Waals surface area contributed by atoms with Gasteiger partial charge in [-0.3, -0.25) is 0 Å². The van der Waals surface area contributed by atoms with Crippen molar-refractivity contribution in [1.29, 1.82) is 0 Å². The molecular weight excluding hydrogens is 240 g/mol. The molecule has 1 saturated carbocycles. The highest BCUT2D eigenvalue weighted by molar-refractivity contribution is 7.11. The Hall–Kier alpha value is -0.410. The normalized spacial score (nSPS) is 18.3. The van der Waals surface area contributed by atoms with Crippen molar-refractivity contribution in [2.45, 2.75) is 59.4 Å². The molecule has 0 aliphatic heterocycles. The van der Waals surface area contributed by atoms with Gasteiger partial charge in [-0.15, -0.1) is 11.3 Å². The van der Waals surface area contributed by atoms with E-state index in [9.17, 15) is 0 Å². The zero-order chi connectivity index (χ0) is 13.4. The first kappa shape index (κ1) is 14.0. The first-order valence-electron chi connectivity index (χ1n) is 6.99. The van der Waals surface area contributed by atoms with Gasteiger partial charge in [-0.05, 0) is 24.2 Å². The van der Waals surface area contributed by atoms with Gasteiger partial charge in [-0.25, -0.2) is 4.98 Å². The van der Waals surface area contributed by atoms with Crippen LogP contribution in [0.5, 0.6) is 0 Å². The maximum absolute atomic E-state index is 4.53. The van der Waals surface area contributed by atoms with Gasteiger partial charge in [-0.1, -0.05) is 34.6 Å². The number of hydrogen-bond donors (Lipinski definition) is 1. The second-order valence-electron chi connectivity index (χ2n) is 7.00. The fourth-order valence-electron chi connectivity index (χ4n) is 2.29. The number of hydrogen-bond acceptors (Lipinski definition) is 3. The summed E-state index contributed by atoms with van der Waals surface area (Å²) in [6, 6.07) is 0. The highest BCUT2D eigenvalue weighted by atomic mass is 32.1. The van der Waals surface area contributed by atoms with Crippen molar-refractivity contribution < 1.29 is 0 Å². The predicted octanol–water partition coefficient (Wildman–Crippen LogP) is 3.97.